The number of carbonyl (C=O) groups is 3. The Morgan fingerprint density at radius 3 is 2.20 bits per heavy atom. The van der Waals surface area contributed by atoms with Gasteiger partial charge in [-0.2, -0.15) is 0 Å². The largest absolute Gasteiger partial charge is 0.481 e. The maximum atomic E-state index is 13.7. The number of likely N-dealkylation sites (N-methyl/N-ethyl adjacent to an activating group) is 1. The summed E-state index contributed by atoms with van der Waals surface area (Å²) in [5, 5.41) is 11.7. The molecule has 8 heteroatoms. The first-order valence-corrected chi connectivity index (χ1v) is 11.3. The topological polar surface area (TPSA) is 95.9 Å². The van der Waals surface area contributed by atoms with E-state index in [1.165, 1.54) is 29.2 Å². The molecule has 2 N–H and O–H groups in total. The number of nitrogens with one attached hydrogen (secondary N) is 1. The van der Waals surface area contributed by atoms with Crippen molar-refractivity contribution in [2.45, 2.75) is 25.3 Å². The number of carboxylic acids is 1. The third-order valence-corrected chi connectivity index (χ3v) is 6.01. The highest BCUT2D eigenvalue weighted by atomic mass is 19.1. The average Bonchev–Trinajstić information content (AvgIpc) is 3.16. The third kappa shape index (κ3) is 5.16. The second-order valence-electron chi connectivity index (χ2n) is 8.18. The number of alkyl carbamates (subject to hydrolysis) is 1. The Morgan fingerprint density at radius 2 is 1.63 bits per heavy atom. The van der Waals surface area contributed by atoms with Gasteiger partial charge in [-0.05, 0) is 47.4 Å². The molecule has 1 atom stereocenters. The van der Waals surface area contributed by atoms with Gasteiger partial charge in [0, 0.05) is 18.2 Å². The number of anilines is 1. The molecule has 0 heterocycles. The van der Waals surface area contributed by atoms with E-state index in [2.05, 4.69) is 5.32 Å². The third-order valence-electron chi connectivity index (χ3n) is 6.01. The number of carbonyl (C=O) groups excluding carboxylic acids is 2. The summed E-state index contributed by atoms with van der Waals surface area (Å²) in [6.45, 7) is 1.86. The number of nitrogens with zero attached hydrogens (tertiary/aromatic N) is 1. The van der Waals surface area contributed by atoms with Crippen LogP contribution in [0.2, 0.25) is 0 Å². The monoisotopic (exact) mass is 476 g/mol. The first-order valence-electron chi connectivity index (χ1n) is 11.3. The van der Waals surface area contributed by atoms with Crippen LogP contribution in [0.15, 0.2) is 72.8 Å². The van der Waals surface area contributed by atoms with Crippen LogP contribution in [0, 0.1) is 5.82 Å². The number of ether oxygens (including phenoxy) is 1. The van der Waals surface area contributed by atoms with Gasteiger partial charge < -0.3 is 20.1 Å². The zero-order valence-electron chi connectivity index (χ0n) is 19.1. The number of carboxylic acid groups (broad SMARTS) is 1. The van der Waals surface area contributed by atoms with Gasteiger partial charge >= 0.3 is 12.1 Å². The molecule has 0 aliphatic heterocycles. The number of hydrogen-bond donors (Lipinski definition) is 2. The summed E-state index contributed by atoms with van der Waals surface area (Å²) in [5.41, 5.74) is 4.47. The molecule has 0 saturated carbocycles. The zero-order chi connectivity index (χ0) is 24.9. The van der Waals surface area contributed by atoms with E-state index in [0.717, 1.165) is 22.3 Å². The minimum Gasteiger partial charge on any atom is -0.481 e. The van der Waals surface area contributed by atoms with Gasteiger partial charge in [0.25, 0.3) is 0 Å². The van der Waals surface area contributed by atoms with Crippen LogP contribution in [0.5, 0.6) is 0 Å². The number of fused-ring (bicyclic) bond motifs is 3. The van der Waals surface area contributed by atoms with Crippen LogP contribution in [0.1, 0.15) is 30.4 Å². The van der Waals surface area contributed by atoms with Gasteiger partial charge in [-0.25, -0.2) is 9.18 Å². The Labute approximate surface area is 202 Å². The normalized spacial score (nSPS) is 12.9. The number of benzene rings is 3. The maximum Gasteiger partial charge on any atom is 0.407 e. The van der Waals surface area contributed by atoms with Crippen molar-refractivity contribution < 1.29 is 28.6 Å². The van der Waals surface area contributed by atoms with Crippen LogP contribution in [0.3, 0.4) is 0 Å². The van der Waals surface area contributed by atoms with Crippen molar-refractivity contribution in [1.82, 2.24) is 5.32 Å². The quantitative estimate of drug-likeness (QED) is 0.497. The maximum absolute atomic E-state index is 13.7. The standard InChI is InChI=1S/C27H25FN2O5/c1-2-30(18-9-7-8-17(28)14-18)26(33)24(15-25(31)32)29-27(34)35-16-23-21-12-5-3-10-19(21)20-11-4-6-13-22(20)23/h3-14,23-24H,2,15-16H2,1H3,(H,29,34)(H,31,32). The predicted octanol–water partition coefficient (Wildman–Crippen LogP) is 4.56. The van der Waals surface area contributed by atoms with Crippen LogP contribution < -0.4 is 10.2 Å². The highest BCUT2D eigenvalue weighted by Gasteiger charge is 2.31. The van der Waals surface area contributed by atoms with Crippen molar-refractivity contribution in [3.8, 4) is 11.1 Å². The van der Waals surface area contributed by atoms with E-state index < -0.39 is 36.2 Å². The van der Waals surface area contributed by atoms with Crippen molar-refractivity contribution >= 4 is 23.7 Å². The van der Waals surface area contributed by atoms with Crippen LogP contribution >= 0.6 is 0 Å². The summed E-state index contributed by atoms with van der Waals surface area (Å²) in [6, 6.07) is 19.8. The molecule has 0 aromatic heterocycles. The van der Waals surface area contributed by atoms with Crippen LogP contribution in [0.4, 0.5) is 14.9 Å². The minimum atomic E-state index is -1.38. The van der Waals surface area contributed by atoms with E-state index in [1.54, 1.807) is 6.92 Å². The van der Waals surface area contributed by atoms with Crippen molar-refractivity contribution in [3.63, 3.8) is 0 Å². The Morgan fingerprint density at radius 1 is 1.00 bits per heavy atom. The van der Waals surface area contributed by atoms with Crippen LogP contribution in [0.25, 0.3) is 11.1 Å². The lowest BCUT2D eigenvalue weighted by molar-refractivity contribution is -0.139. The second-order valence-corrected chi connectivity index (χ2v) is 8.18. The molecule has 180 valence electrons. The molecule has 1 aliphatic carbocycles. The van der Waals surface area contributed by atoms with Gasteiger partial charge in [-0.15, -0.1) is 0 Å². The van der Waals surface area contributed by atoms with E-state index in [-0.39, 0.29) is 24.8 Å². The lowest BCUT2D eigenvalue weighted by Crippen LogP contribution is -2.50. The van der Waals surface area contributed by atoms with Gasteiger partial charge in [0.1, 0.15) is 18.5 Å². The Hall–Kier alpha value is -4.20. The lowest BCUT2D eigenvalue weighted by Gasteiger charge is -2.26. The molecule has 3 aromatic carbocycles. The minimum absolute atomic E-state index is 0.0230. The molecule has 1 aliphatic rings. The number of aliphatic carboxylic acids is 1. The SMILES string of the molecule is CCN(C(=O)C(CC(=O)O)NC(=O)OCC1c2ccccc2-c2ccccc21)c1cccc(F)c1. The molecule has 2 amide bonds. The van der Waals surface area contributed by atoms with Crippen molar-refractivity contribution in [1.29, 1.82) is 0 Å². The molecule has 3 aromatic rings. The molecule has 7 nitrogen and oxygen atoms in total. The van der Waals surface area contributed by atoms with Crippen LogP contribution in [-0.4, -0.2) is 42.3 Å². The van der Waals surface area contributed by atoms with Gasteiger partial charge in [0.2, 0.25) is 5.91 Å². The predicted molar refractivity (Wildman–Crippen MR) is 129 cm³/mol. The van der Waals surface area contributed by atoms with E-state index >= 15 is 0 Å². The number of halogens is 1. The summed E-state index contributed by atoms with van der Waals surface area (Å²) in [5.74, 6) is -2.65. The number of rotatable bonds is 8. The van der Waals surface area contributed by atoms with E-state index in [4.69, 9.17) is 4.74 Å². The summed E-state index contributed by atoms with van der Waals surface area (Å²) >= 11 is 0. The van der Waals surface area contributed by atoms with Crippen molar-refractivity contribution in [2.75, 3.05) is 18.1 Å². The first-order chi connectivity index (χ1) is 16.9. The summed E-state index contributed by atoms with van der Waals surface area (Å²) in [4.78, 5) is 38.4. The summed E-state index contributed by atoms with van der Waals surface area (Å²) in [6.07, 6.45) is -1.55. The van der Waals surface area contributed by atoms with Gasteiger partial charge in [0.15, 0.2) is 0 Å². The molecule has 0 radical (unpaired) electrons. The second kappa shape index (κ2) is 10.4. The van der Waals surface area contributed by atoms with E-state index in [1.807, 2.05) is 48.5 Å². The molecular weight excluding hydrogens is 451 g/mol. The zero-order valence-corrected chi connectivity index (χ0v) is 19.1. The molecule has 1 unspecified atom stereocenters. The fraction of sp³-hybridized carbons (Fsp3) is 0.222. The lowest BCUT2D eigenvalue weighted by atomic mass is 9.98. The highest BCUT2D eigenvalue weighted by molar-refractivity contribution is 6.00. The molecule has 0 spiro atoms. The molecule has 0 saturated heterocycles. The van der Waals surface area contributed by atoms with Crippen molar-refractivity contribution in [2.24, 2.45) is 0 Å². The van der Waals surface area contributed by atoms with E-state index in [0.29, 0.717) is 0 Å². The van der Waals surface area contributed by atoms with Crippen LogP contribution in [-0.2, 0) is 14.3 Å². The summed E-state index contributed by atoms with van der Waals surface area (Å²) in [7, 11) is 0. The van der Waals surface area contributed by atoms with Crippen molar-refractivity contribution in [3.05, 3.63) is 89.7 Å². The van der Waals surface area contributed by atoms with Gasteiger partial charge in [0.05, 0.1) is 6.42 Å². The Bertz CT molecular complexity index is 1220. The number of amides is 2. The molecule has 35 heavy (non-hydrogen) atoms. The fourth-order valence-corrected chi connectivity index (χ4v) is 4.45. The first kappa shape index (κ1) is 23.9. The van der Waals surface area contributed by atoms with Gasteiger partial charge in [-0.3, -0.25) is 9.59 Å². The van der Waals surface area contributed by atoms with Gasteiger partial charge in [-0.1, -0.05) is 54.6 Å². The summed E-state index contributed by atoms with van der Waals surface area (Å²) < 4.78 is 19.2. The Kier molecular flexibility index (Phi) is 7.10. The molecule has 0 bridgehead atoms. The van der Waals surface area contributed by atoms with E-state index in [9.17, 15) is 23.9 Å². The molecule has 0 fully saturated rings. The smallest absolute Gasteiger partial charge is 0.407 e. The highest BCUT2D eigenvalue weighted by Crippen LogP contribution is 2.44. The average molecular weight is 477 g/mol. The Balaban J connectivity index is 1.48. The molecular formula is C27H25FN2O5. The number of hydrogen-bond acceptors (Lipinski definition) is 4. The molecule has 4 rings (SSSR count). The fourth-order valence-electron chi connectivity index (χ4n) is 4.45.